The van der Waals surface area contributed by atoms with Crippen LogP contribution in [0.25, 0.3) is 0 Å². The summed E-state index contributed by atoms with van der Waals surface area (Å²) < 4.78 is 21.4. The van der Waals surface area contributed by atoms with Crippen molar-refractivity contribution < 1.29 is 13.2 Å². The van der Waals surface area contributed by atoms with E-state index in [0.29, 0.717) is 0 Å². The normalized spacial score (nSPS) is 11.4. The second kappa shape index (κ2) is 3.04. The van der Waals surface area contributed by atoms with Crippen molar-refractivity contribution >= 4 is 37.0 Å². The van der Waals surface area contributed by atoms with Crippen LogP contribution in [-0.4, -0.2) is 14.3 Å². The highest BCUT2D eigenvalue weighted by atomic mass is 35.7. The molecule has 0 unspecified atom stereocenters. The van der Waals surface area contributed by atoms with Gasteiger partial charge >= 0.3 is 0 Å². The Morgan fingerprint density at radius 1 is 1.58 bits per heavy atom. The zero-order valence-corrected chi connectivity index (χ0v) is 8.04. The number of halogens is 1. The molecule has 12 heavy (non-hydrogen) atoms. The number of carbonyl (C=O) groups excluding carboxylic acids is 1. The Balaban J connectivity index is 3.17. The van der Waals surface area contributed by atoms with E-state index in [9.17, 15) is 13.2 Å². The van der Waals surface area contributed by atoms with Gasteiger partial charge in [-0.2, -0.15) is 0 Å². The Kier molecular flexibility index (Phi) is 2.41. The molecule has 0 bridgehead atoms. The van der Waals surface area contributed by atoms with Gasteiger partial charge in [0.2, 0.25) is 0 Å². The molecule has 4 nitrogen and oxygen atoms in total. The van der Waals surface area contributed by atoms with Crippen LogP contribution in [0.15, 0.2) is 16.3 Å². The summed E-state index contributed by atoms with van der Waals surface area (Å²) >= 11 is 0.946. The highest BCUT2D eigenvalue weighted by Crippen LogP contribution is 2.21. The molecule has 1 aromatic rings. The summed E-state index contributed by atoms with van der Waals surface area (Å²) in [4.78, 5) is 10.6. The lowest BCUT2D eigenvalue weighted by Gasteiger charge is -1.85. The smallest absolute Gasteiger partial charge is 0.262 e. The summed E-state index contributed by atoms with van der Waals surface area (Å²) in [5, 5.41) is 1.27. The number of rotatable bonds is 2. The minimum absolute atomic E-state index is 0.0945. The van der Waals surface area contributed by atoms with Gasteiger partial charge in [0.05, 0.1) is 9.77 Å². The number of nitrogens with two attached hydrogens (primary N) is 1. The number of hydrogen-bond donors (Lipinski definition) is 1. The maximum Gasteiger partial charge on any atom is 0.262 e. The summed E-state index contributed by atoms with van der Waals surface area (Å²) in [6, 6.07) is 1.15. The average molecular weight is 226 g/mol. The Morgan fingerprint density at radius 2 is 2.17 bits per heavy atom. The molecule has 66 valence electrons. The van der Waals surface area contributed by atoms with Crippen LogP contribution >= 0.6 is 22.0 Å². The lowest BCUT2D eigenvalue weighted by molar-refractivity contribution is 0.100. The van der Waals surface area contributed by atoms with Crippen molar-refractivity contribution in [2.45, 2.75) is 4.90 Å². The molecule has 0 aliphatic heterocycles. The topological polar surface area (TPSA) is 77.2 Å². The molecule has 1 aromatic heterocycles. The van der Waals surface area contributed by atoms with Crippen LogP contribution < -0.4 is 5.73 Å². The molecule has 0 aliphatic carbocycles. The first kappa shape index (κ1) is 9.50. The average Bonchev–Trinajstić information content (AvgIpc) is 2.30. The third kappa shape index (κ3) is 1.96. The Morgan fingerprint density at radius 3 is 2.42 bits per heavy atom. The van der Waals surface area contributed by atoms with Crippen molar-refractivity contribution in [1.82, 2.24) is 0 Å². The summed E-state index contributed by atoms with van der Waals surface area (Å²) in [6.45, 7) is 0. The molecule has 0 spiro atoms. The fourth-order valence-corrected chi connectivity index (χ4v) is 2.60. The summed E-state index contributed by atoms with van der Waals surface area (Å²) in [7, 11) is 1.26. The van der Waals surface area contributed by atoms with Crippen LogP contribution in [0.5, 0.6) is 0 Å². The van der Waals surface area contributed by atoms with E-state index in [1.807, 2.05) is 0 Å². The predicted molar refractivity (Wildman–Crippen MR) is 45.9 cm³/mol. The molecule has 2 N–H and O–H groups in total. The monoisotopic (exact) mass is 225 g/mol. The van der Waals surface area contributed by atoms with E-state index in [1.165, 1.54) is 5.38 Å². The standard InChI is InChI=1S/C5H4ClNO3S2/c6-12(9,10)3-1-4(5(7)8)11-2-3/h1-2H,(H2,7,8). The maximum absolute atomic E-state index is 10.7. The van der Waals surface area contributed by atoms with E-state index in [2.05, 4.69) is 0 Å². The molecule has 1 amide bonds. The number of amides is 1. The molecule has 0 fully saturated rings. The number of thiophene rings is 1. The molecule has 1 rings (SSSR count). The molecule has 7 heteroatoms. The highest BCUT2D eigenvalue weighted by molar-refractivity contribution is 8.13. The van der Waals surface area contributed by atoms with Gasteiger partial charge in [0.1, 0.15) is 0 Å². The van der Waals surface area contributed by atoms with Crippen LogP contribution in [0, 0.1) is 0 Å². The van der Waals surface area contributed by atoms with Gasteiger partial charge in [0.25, 0.3) is 15.0 Å². The van der Waals surface area contributed by atoms with Gasteiger partial charge in [-0.25, -0.2) is 8.42 Å². The molecular formula is C5H4ClNO3S2. The van der Waals surface area contributed by atoms with Crippen LogP contribution in [-0.2, 0) is 9.05 Å². The molecule has 0 saturated carbocycles. The van der Waals surface area contributed by atoms with E-state index in [1.54, 1.807) is 0 Å². The fourth-order valence-electron chi connectivity index (χ4n) is 0.576. The van der Waals surface area contributed by atoms with Crippen molar-refractivity contribution in [3.8, 4) is 0 Å². The van der Waals surface area contributed by atoms with E-state index >= 15 is 0 Å². The van der Waals surface area contributed by atoms with Crippen molar-refractivity contribution in [2.75, 3.05) is 0 Å². The van der Waals surface area contributed by atoms with Gasteiger partial charge < -0.3 is 5.73 Å². The van der Waals surface area contributed by atoms with Crippen LogP contribution in [0.4, 0.5) is 0 Å². The van der Waals surface area contributed by atoms with E-state index in [0.717, 1.165) is 17.4 Å². The first-order chi connectivity index (χ1) is 5.41. The zero-order chi connectivity index (χ0) is 9.35. The largest absolute Gasteiger partial charge is 0.365 e. The Labute approximate surface area is 77.4 Å². The summed E-state index contributed by atoms with van der Waals surface area (Å²) in [5.41, 5.74) is 4.90. The molecule has 1 heterocycles. The third-order valence-electron chi connectivity index (χ3n) is 1.10. The predicted octanol–water partition coefficient (Wildman–Crippen LogP) is 0.775. The van der Waals surface area contributed by atoms with Gasteiger partial charge in [0.15, 0.2) is 0 Å². The summed E-state index contributed by atoms with van der Waals surface area (Å²) in [6.07, 6.45) is 0. The van der Waals surface area contributed by atoms with E-state index in [-0.39, 0.29) is 9.77 Å². The van der Waals surface area contributed by atoms with Gasteiger partial charge in [-0.15, -0.1) is 11.3 Å². The second-order valence-electron chi connectivity index (χ2n) is 1.95. The fraction of sp³-hybridized carbons (Fsp3) is 0. The van der Waals surface area contributed by atoms with Crippen molar-refractivity contribution in [3.63, 3.8) is 0 Å². The molecule has 0 saturated heterocycles. The van der Waals surface area contributed by atoms with Crippen molar-refractivity contribution in [2.24, 2.45) is 5.73 Å². The summed E-state index contributed by atoms with van der Waals surface area (Å²) in [5.74, 6) is -0.661. The maximum atomic E-state index is 10.7. The molecule has 0 aliphatic rings. The van der Waals surface area contributed by atoms with Gasteiger partial charge in [-0.1, -0.05) is 0 Å². The molecule has 0 radical (unpaired) electrons. The molecule has 0 atom stereocenters. The minimum atomic E-state index is -3.74. The number of primary amides is 1. The van der Waals surface area contributed by atoms with E-state index < -0.39 is 15.0 Å². The Hall–Kier alpha value is -0.590. The van der Waals surface area contributed by atoms with Gasteiger partial charge in [-0.05, 0) is 6.07 Å². The quantitative estimate of drug-likeness (QED) is 0.756. The Bertz CT molecular complexity index is 408. The molecular weight excluding hydrogens is 222 g/mol. The van der Waals surface area contributed by atoms with Crippen LogP contribution in [0.2, 0.25) is 0 Å². The van der Waals surface area contributed by atoms with Gasteiger partial charge in [-0.3, -0.25) is 4.79 Å². The number of carbonyl (C=O) groups is 1. The van der Waals surface area contributed by atoms with Crippen LogP contribution in [0.1, 0.15) is 9.67 Å². The first-order valence-corrected chi connectivity index (χ1v) is 5.93. The third-order valence-corrected chi connectivity index (χ3v) is 3.53. The minimum Gasteiger partial charge on any atom is -0.365 e. The van der Waals surface area contributed by atoms with Crippen LogP contribution in [0.3, 0.4) is 0 Å². The zero-order valence-electron chi connectivity index (χ0n) is 5.65. The van der Waals surface area contributed by atoms with Gasteiger partial charge in [0, 0.05) is 16.1 Å². The van der Waals surface area contributed by atoms with E-state index in [4.69, 9.17) is 16.4 Å². The lowest BCUT2D eigenvalue weighted by atomic mass is 10.5. The molecule has 0 aromatic carbocycles. The highest BCUT2D eigenvalue weighted by Gasteiger charge is 2.14. The lowest BCUT2D eigenvalue weighted by Crippen LogP contribution is -2.08. The second-order valence-corrected chi connectivity index (χ2v) is 5.43. The number of hydrogen-bond acceptors (Lipinski definition) is 4. The van der Waals surface area contributed by atoms with Crippen molar-refractivity contribution in [3.05, 3.63) is 16.3 Å². The van der Waals surface area contributed by atoms with Crippen molar-refractivity contribution in [1.29, 1.82) is 0 Å². The first-order valence-electron chi connectivity index (χ1n) is 2.74. The SMILES string of the molecule is NC(=O)c1cc(S(=O)(=O)Cl)cs1.